The van der Waals surface area contributed by atoms with Crippen LogP contribution in [0.3, 0.4) is 0 Å². The zero-order valence-corrected chi connectivity index (χ0v) is 20.8. The molecule has 176 valence electrons. The monoisotopic (exact) mass is 495 g/mol. The van der Waals surface area contributed by atoms with Gasteiger partial charge in [0.1, 0.15) is 22.8 Å². The lowest BCUT2D eigenvalue weighted by Gasteiger charge is -2.29. The van der Waals surface area contributed by atoms with E-state index in [1.54, 1.807) is 0 Å². The highest BCUT2D eigenvalue weighted by molar-refractivity contribution is 7.92. The van der Waals surface area contributed by atoms with Crippen LogP contribution in [0.25, 0.3) is 21.7 Å². The van der Waals surface area contributed by atoms with Crippen molar-refractivity contribution in [2.75, 3.05) is 20.2 Å². The van der Waals surface area contributed by atoms with Crippen LogP contribution in [0.1, 0.15) is 36.3 Å². The van der Waals surface area contributed by atoms with E-state index >= 15 is 0 Å². The van der Waals surface area contributed by atoms with Crippen molar-refractivity contribution in [1.29, 1.82) is 0 Å². The average molecular weight is 496 g/mol. The van der Waals surface area contributed by atoms with E-state index in [9.17, 15) is 0 Å². The van der Waals surface area contributed by atoms with Gasteiger partial charge in [0, 0.05) is 85.8 Å². The number of imidazole rings is 1. The molecule has 0 radical (unpaired) electrons. The molecule has 0 unspecified atom stereocenters. The van der Waals surface area contributed by atoms with Crippen LogP contribution in [0, 0.1) is 0 Å². The van der Waals surface area contributed by atoms with Crippen molar-refractivity contribution in [3.05, 3.63) is 77.5 Å². The van der Waals surface area contributed by atoms with E-state index in [-0.39, 0.29) is 0 Å². The van der Waals surface area contributed by atoms with Crippen molar-refractivity contribution in [1.82, 2.24) is 18.8 Å². The van der Waals surface area contributed by atoms with Crippen LogP contribution in [0.15, 0.2) is 61.3 Å². The Kier molecular flexibility index (Phi) is 7.57. The molecule has 3 heterocycles. The second kappa shape index (κ2) is 11.0. The molecule has 0 N–H and O–H groups in total. The molecule has 1 saturated heterocycles. The van der Waals surface area contributed by atoms with Crippen molar-refractivity contribution in [2.24, 2.45) is 0 Å². The fourth-order valence-electron chi connectivity index (χ4n) is 4.95. The number of hydrogen-bond donors (Lipinski definition) is 0. The van der Waals surface area contributed by atoms with Gasteiger partial charge in [-0.1, -0.05) is 0 Å². The largest absolute Gasteiger partial charge is 0.337 e. The molecule has 2 aromatic carbocycles. The third-order valence-electron chi connectivity index (χ3n) is 6.53. The maximum atomic E-state index is 6.46. The van der Waals surface area contributed by atoms with Gasteiger partial charge in [0.05, 0.1) is 29.8 Å². The normalized spacial score (nSPS) is 15.4. The Morgan fingerprint density at radius 1 is 1.18 bits per heavy atom. The van der Waals surface area contributed by atoms with Gasteiger partial charge in [-0.25, -0.2) is 19.2 Å². The Balaban J connectivity index is 1.56. The molecule has 8 heteroatoms. The van der Waals surface area contributed by atoms with Gasteiger partial charge in [-0.2, -0.15) is 0 Å². The topological polar surface area (TPSA) is 52.4 Å². The number of aromatic nitrogens is 3. The summed E-state index contributed by atoms with van der Waals surface area (Å²) in [5.41, 5.74) is 3.75. The summed E-state index contributed by atoms with van der Waals surface area (Å²) in [5.74, 6) is 0.409. The third-order valence-corrected chi connectivity index (χ3v) is 7.54. The van der Waals surface area contributed by atoms with E-state index in [0.717, 1.165) is 55.9 Å². The first kappa shape index (κ1) is 23.5. The highest BCUT2D eigenvalue weighted by Gasteiger charge is 2.28. The van der Waals surface area contributed by atoms with E-state index in [1.165, 1.54) is 46.6 Å². The lowest BCUT2D eigenvalue weighted by Crippen LogP contribution is -2.28. The lowest BCUT2D eigenvalue weighted by atomic mass is 9.87. The van der Waals surface area contributed by atoms with Crippen molar-refractivity contribution >= 4 is 45.5 Å². The number of benzene rings is 1. The molecule has 0 saturated carbocycles. The fraction of sp³-hybridized carbons (Fsp3) is 0.346. The maximum absolute atomic E-state index is 6.46. The van der Waals surface area contributed by atoms with Crippen LogP contribution < -0.4 is 0 Å². The molecule has 1 aliphatic heterocycles. The number of fused-ring (bicyclic) bond motifs is 2. The summed E-state index contributed by atoms with van der Waals surface area (Å²) < 4.78 is 9.41. The second-order valence-electron chi connectivity index (χ2n) is 8.63. The number of pyridine rings is 1. The van der Waals surface area contributed by atoms with Gasteiger partial charge in [0.2, 0.25) is 0 Å². The summed E-state index contributed by atoms with van der Waals surface area (Å²) in [6, 6.07) is 12.8. The summed E-state index contributed by atoms with van der Waals surface area (Å²) in [5, 5.41) is 4.41. The van der Waals surface area contributed by atoms with Gasteiger partial charge in [0.15, 0.2) is 0 Å². The molecule has 1 fully saturated rings. The Morgan fingerprint density at radius 3 is 2.85 bits per heavy atom. The number of rotatable bonds is 8. The van der Waals surface area contributed by atoms with Gasteiger partial charge in [-0.15, -0.1) is 4.33 Å². The van der Waals surface area contributed by atoms with Crippen molar-refractivity contribution in [3.8, 4) is 0 Å². The predicted molar refractivity (Wildman–Crippen MR) is 138 cm³/mol. The first-order valence-corrected chi connectivity index (χ1v) is 12.7. The van der Waals surface area contributed by atoms with Gasteiger partial charge >= 0.3 is 0 Å². The lowest BCUT2D eigenvalue weighted by molar-refractivity contribution is -0.163. The van der Waals surface area contributed by atoms with Gasteiger partial charge in [0.25, 0.3) is 0 Å². The number of piperidine rings is 1. The minimum absolute atomic E-state index is 0.409. The summed E-state index contributed by atoms with van der Waals surface area (Å²) >= 11 is 7.75. The van der Waals surface area contributed by atoms with Crippen LogP contribution in [0.5, 0.6) is 0 Å². The van der Waals surface area contributed by atoms with Gasteiger partial charge in [-0.05, 0) is 43.0 Å². The van der Waals surface area contributed by atoms with E-state index in [4.69, 9.17) is 25.8 Å². The molecule has 0 amide bonds. The summed E-state index contributed by atoms with van der Waals surface area (Å²) in [4.78, 5) is 13.9. The number of halogens is 1. The number of hydrogen-bond acceptors (Lipinski definition) is 6. The van der Waals surface area contributed by atoms with E-state index in [0.29, 0.717) is 5.92 Å². The third kappa shape index (κ3) is 5.19. The first-order chi connectivity index (χ1) is 16.7. The molecular formula is C26H28ClN4O2S+. The Bertz CT molecular complexity index is 1270. The molecule has 0 bridgehead atoms. The molecule has 34 heavy (non-hydrogen) atoms. The molecule has 0 aliphatic carbocycles. The minimum Gasteiger partial charge on any atom is -0.337 e. The summed E-state index contributed by atoms with van der Waals surface area (Å²) in [7, 11) is 1.53. The highest BCUT2D eigenvalue weighted by Crippen LogP contribution is 2.39. The van der Waals surface area contributed by atoms with Crippen molar-refractivity contribution in [2.45, 2.75) is 38.1 Å². The van der Waals surface area contributed by atoms with Crippen LogP contribution >= 0.6 is 23.8 Å². The summed E-state index contributed by atoms with van der Waals surface area (Å²) in [6.45, 7) is 2.79. The smallest absolute Gasteiger partial charge is 0.121 e. The van der Waals surface area contributed by atoms with Crippen LogP contribution in [-0.2, 0) is 22.2 Å². The van der Waals surface area contributed by atoms with Crippen LogP contribution in [0.2, 0.25) is 5.02 Å². The van der Waals surface area contributed by atoms with E-state index in [2.05, 4.69) is 38.1 Å². The SMILES string of the molecule is COOSN1CCC(c2c3ncccc3c(CCCn3ccnc3)c[c+]3cc(Cl)ccc23)CC1. The molecule has 0 atom stereocenters. The zero-order valence-electron chi connectivity index (χ0n) is 19.2. The quantitative estimate of drug-likeness (QED) is 0.0917. The molecule has 1 aliphatic rings. The molecule has 6 nitrogen and oxygen atoms in total. The first-order valence-electron chi connectivity index (χ1n) is 11.6. The fourth-order valence-corrected chi connectivity index (χ4v) is 5.64. The molecule has 4 aromatic rings. The zero-order chi connectivity index (χ0) is 23.3. The van der Waals surface area contributed by atoms with E-state index in [1.807, 2.05) is 37.1 Å². The minimum atomic E-state index is 0.409. The Hall–Kier alpha value is -2.29. The number of aryl methyl sites for hydroxylation is 2. The van der Waals surface area contributed by atoms with E-state index < -0.39 is 0 Å². The van der Waals surface area contributed by atoms with Crippen LogP contribution in [-0.4, -0.2) is 39.0 Å². The van der Waals surface area contributed by atoms with Gasteiger partial charge in [-0.3, -0.25) is 0 Å². The predicted octanol–water partition coefficient (Wildman–Crippen LogP) is 6.47. The van der Waals surface area contributed by atoms with Gasteiger partial charge < -0.3 is 4.57 Å². The number of nitrogens with zero attached hydrogens (tertiary/aromatic N) is 4. The average Bonchev–Trinajstić information content (AvgIpc) is 3.34. The molecule has 5 rings (SSSR count). The summed E-state index contributed by atoms with van der Waals surface area (Å²) in [6.07, 6.45) is 11.7. The second-order valence-corrected chi connectivity index (χ2v) is 9.87. The molecular weight excluding hydrogens is 468 g/mol. The Morgan fingerprint density at radius 2 is 2.06 bits per heavy atom. The highest BCUT2D eigenvalue weighted by atomic mass is 35.5. The Labute approximate surface area is 209 Å². The van der Waals surface area contributed by atoms with Crippen molar-refractivity contribution in [3.63, 3.8) is 0 Å². The molecule has 0 spiro atoms. The molecule has 2 aromatic heterocycles. The van der Waals surface area contributed by atoms with Crippen molar-refractivity contribution < 1.29 is 9.22 Å². The maximum Gasteiger partial charge on any atom is 0.121 e. The standard InChI is InChI=1S/C26H28ClN4O2S/c1-32-33-34-31-13-8-19(9-14-31)25-23-7-6-22(27)17-21(23)16-20(24-5-2-10-29-26(24)25)4-3-12-30-15-11-28-18-30/h2,5-7,10-11,15-19H,3-4,8-9,12-14H2,1H3/q+1. The van der Waals surface area contributed by atoms with Crippen LogP contribution in [0.4, 0.5) is 0 Å².